The predicted molar refractivity (Wildman–Crippen MR) is 66.9 cm³/mol. The fraction of sp³-hybridized carbons (Fsp3) is 0.636. The van der Waals surface area contributed by atoms with E-state index in [4.69, 9.17) is 15.2 Å². The Morgan fingerprint density at radius 1 is 1.18 bits per heavy atom. The van der Waals surface area contributed by atoms with Crippen molar-refractivity contribution in [1.82, 2.24) is 9.97 Å². The van der Waals surface area contributed by atoms with Gasteiger partial charge in [0.05, 0.1) is 25.6 Å². The Morgan fingerprint density at radius 3 is 2.76 bits per heavy atom. The summed E-state index contributed by atoms with van der Waals surface area (Å²) < 4.78 is 10.2. The van der Waals surface area contributed by atoms with Gasteiger partial charge >= 0.3 is 0 Å². The van der Waals surface area contributed by atoms with Gasteiger partial charge < -0.3 is 20.5 Å². The van der Waals surface area contributed by atoms with Crippen LogP contribution in [0.15, 0.2) is 12.4 Å². The second-order valence-corrected chi connectivity index (χ2v) is 3.57. The highest BCUT2D eigenvalue weighted by Crippen LogP contribution is 2.02. The lowest BCUT2D eigenvalue weighted by Gasteiger charge is -2.05. The maximum atomic E-state index is 5.43. The highest BCUT2D eigenvalue weighted by atomic mass is 16.5. The third-order valence-electron chi connectivity index (χ3n) is 2.13. The molecule has 17 heavy (non-hydrogen) atoms. The summed E-state index contributed by atoms with van der Waals surface area (Å²) in [5.41, 5.74) is 5.43. The molecule has 0 amide bonds. The molecule has 1 aromatic rings. The Balaban J connectivity index is 1.95. The Bertz CT molecular complexity index is 292. The van der Waals surface area contributed by atoms with Gasteiger partial charge in [-0.1, -0.05) is 0 Å². The lowest BCUT2D eigenvalue weighted by molar-refractivity contribution is 0.0691. The third-order valence-corrected chi connectivity index (χ3v) is 2.13. The van der Waals surface area contributed by atoms with Crippen molar-refractivity contribution >= 4 is 11.6 Å². The molecular weight excluding hydrogens is 220 g/mol. The molecule has 0 aliphatic carbocycles. The number of unbranched alkanes of at least 4 members (excludes halogenated alkanes) is 1. The average Bonchev–Trinajstić information content (AvgIpc) is 2.35. The number of nitrogen functional groups attached to an aromatic ring is 1. The molecule has 1 heterocycles. The van der Waals surface area contributed by atoms with Gasteiger partial charge in [0.15, 0.2) is 0 Å². The van der Waals surface area contributed by atoms with E-state index in [0.29, 0.717) is 19.0 Å². The van der Waals surface area contributed by atoms with Gasteiger partial charge in [0.2, 0.25) is 0 Å². The molecule has 0 aliphatic heterocycles. The summed E-state index contributed by atoms with van der Waals surface area (Å²) >= 11 is 0. The number of anilines is 2. The van der Waals surface area contributed by atoms with Crippen molar-refractivity contribution in [3.05, 3.63) is 12.4 Å². The number of hydrogen-bond donors (Lipinski definition) is 2. The molecule has 0 bridgehead atoms. The van der Waals surface area contributed by atoms with Crippen LogP contribution in [0.3, 0.4) is 0 Å². The van der Waals surface area contributed by atoms with E-state index in [2.05, 4.69) is 15.3 Å². The lowest BCUT2D eigenvalue weighted by atomic mass is 10.3. The van der Waals surface area contributed by atoms with Gasteiger partial charge in [-0.25, -0.2) is 9.97 Å². The van der Waals surface area contributed by atoms with E-state index < -0.39 is 0 Å². The number of nitrogens with zero attached hydrogens (tertiary/aromatic N) is 2. The number of aromatic nitrogens is 2. The van der Waals surface area contributed by atoms with Crippen LogP contribution in [0.1, 0.15) is 12.8 Å². The summed E-state index contributed by atoms with van der Waals surface area (Å²) in [5, 5.41) is 3.16. The zero-order valence-electron chi connectivity index (χ0n) is 10.2. The van der Waals surface area contributed by atoms with Crippen molar-refractivity contribution < 1.29 is 9.47 Å². The molecule has 1 rings (SSSR count). The predicted octanol–water partition coefficient (Wildman–Crippen LogP) is 0.914. The number of ether oxygens (including phenoxy) is 2. The molecule has 0 spiro atoms. The standard InChI is InChI=1S/C11H20N4O2/c1-16-6-7-17-5-3-2-4-13-11-9-14-10(12)8-15-11/h8-9H,2-7H2,1H3,(H2,12,14)(H,13,15). The fourth-order valence-electron chi connectivity index (χ4n) is 1.22. The highest BCUT2D eigenvalue weighted by molar-refractivity contribution is 5.35. The van der Waals surface area contributed by atoms with Crippen molar-refractivity contribution in [3.8, 4) is 0 Å². The molecule has 0 aromatic carbocycles. The summed E-state index contributed by atoms with van der Waals surface area (Å²) in [6.07, 6.45) is 5.21. The van der Waals surface area contributed by atoms with Gasteiger partial charge in [0.1, 0.15) is 11.6 Å². The Hall–Kier alpha value is -1.40. The quantitative estimate of drug-likeness (QED) is 0.624. The van der Waals surface area contributed by atoms with Crippen LogP contribution in [0.25, 0.3) is 0 Å². The fourth-order valence-corrected chi connectivity index (χ4v) is 1.22. The smallest absolute Gasteiger partial charge is 0.144 e. The number of methoxy groups -OCH3 is 1. The molecule has 6 nitrogen and oxygen atoms in total. The van der Waals surface area contributed by atoms with E-state index in [1.165, 1.54) is 6.20 Å². The SMILES string of the molecule is COCCOCCCCNc1cnc(N)cn1. The van der Waals surface area contributed by atoms with Crippen molar-refractivity contribution in [3.63, 3.8) is 0 Å². The second kappa shape index (κ2) is 8.72. The minimum atomic E-state index is 0.432. The Labute approximate surface area is 102 Å². The van der Waals surface area contributed by atoms with Gasteiger partial charge in [-0.2, -0.15) is 0 Å². The molecule has 0 aliphatic rings. The molecule has 3 N–H and O–H groups in total. The first-order chi connectivity index (χ1) is 8.33. The maximum absolute atomic E-state index is 5.43. The molecule has 6 heteroatoms. The van der Waals surface area contributed by atoms with E-state index in [-0.39, 0.29) is 0 Å². The van der Waals surface area contributed by atoms with Gasteiger partial charge in [0.25, 0.3) is 0 Å². The topological polar surface area (TPSA) is 82.3 Å². The lowest BCUT2D eigenvalue weighted by Crippen LogP contribution is -2.07. The van der Waals surface area contributed by atoms with E-state index in [1.807, 2.05) is 0 Å². The van der Waals surface area contributed by atoms with E-state index >= 15 is 0 Å². The van der Waals surface area contributed by atoms with Crippen LogP contribution in [-0.4, -0.2) is 43.4 Å². The molecule has 0 saturated carbocycles. The van der Waals surface area contributed by atoms with Crippen molar-refractivity contribution in [2.45, 2.75) is 12.8 Å². The average molecular weight is 240 g/mol. The van der Waals surface area contributed by atoms with E-state index in [9.17, 15) is 0 Å². The van der Waals surface area contributed by atoms with Crippen molar-refractivity contribution in [2.24, 2.45) is 0 Å². The molecule has 0 atom stereocenters. The van der Waals surface area contributed by atoms with E-state index in [0.717, 1.165) is 31.8 Å². The summed E-state index contributed by atoms with van der Waals surface area (Å²) in [7, 11) is 1.67. The molecule has 1 aromatic heterocycles. The minimum absolute atomic E-state index is 0.432. The van der Waals surface area contributed by atoms with Crippen LogP contribution in [0.5, 0.6) is 0 Å². The van der Waals surface area contributed by atoms with E-state index in [1.54, 1.807) is 13.3 Å². The summed E-state index contributed by atoms with van der Waals surface area (Å²) in [4.78, 5) is 8.03. The number of hydrogen-bond acceptors (Lipinski definition) is 6. The van der Waals surface area contributed by atoms with Gasteiger partial charge in [-0.05, 0) is 12.8 Å². The zero-order chi connectivity index (χ0) is 12.3. The second-order valence-electron chi connectivity index (χ2n) is 3.57. The van der Waals surface area contributed by atoms with Crippen LogP contribution in [0.4, 0.5) is 11.6 Å². The van der Waals surface area contributed by atoms with Crippen LogP contribution in [0, 0.1) is 0 Å². The first-order valence-electron chi connectivity index (χ1n) is 5.71. The summed E-state index contributed by atoms with van der Waals surface area (Å²) in [6, 6.07) is 0. The summed E-state index contributed by atoms with van der Waals surface area (Å²) in [6.45, 7) is 2.93. The minimum Gasteiger partial charge on any atom is -0.382 e. The third kappa shape index (κ3) is 6.70. The molecule has 0 unspecified atom stereocenters. The first-order valence-corrected chi connectivity index (χ1v) is 5.71. The normalized spacial score (nSPS) is 10.4. The molecular formula is C11H20N4O2. The van der Waals surface area contributed by atoms with Crippen LogP contribution in [-0.2, 0) is 9.47 Å². The largest absolute Gasteiger partial charge is 0.382 e. The maximum Gasteiger partial charge on any atom is 0.144 e. The number of rotatable bonds is 9. The van der Waals surface area contributed by atoms with Crippen LogP contribution in [0.2, 0.25) is 0 Å². The van der Waals surface area contributed by atoms with Crippen molar-refractivity contribution in [2.75, 3.05) is 44.5 Å². The molecule has 0 fully saturated rings. The number of nitrogens with two attached hydrogens (primary N) is 1. The molecule has 0 radical (unpaired) electrons. The number of nitrogens with one attached hydrogen (secondary N) is 1. The van der Waals surface area contributed by atoms with Gasteiger partial charge in [0, 0.05) is 20.3 Å². The molecule has 96 valence electrons. The Kier molecular flexibility index (Phi) is 7.01. The summed E-state index contributed by atoms with van der Waals surface area (Å²) in [5.74, 6) is 1.18. The first kappa shape index (κ1) is 13.7. The monoisotopic (exact) mass is 240 g/mol. The van der Waals surface area contributed by atoms with Gasteiger partial charge in [-0.3, -0.25) is 0 Å². The highest BCUT2D eigenvalue weighted by Gasteiger charge is 1.94. The van der Waals surface area contributed by atoms with Crippen LogP contribution >= 0.6 is 0 Å². The van der Waals surface area contributed by atoms with Crippen LogP contribution < -0.4 is 11.1 Å². The molecule has 0 saturated heterocycles. The zero-order valence-corrected chi connectivity index (χ0v) is 10.2. The van der Waals surface area contributed by atoms with Gasteiger partial charge in [-0.15, -0.1) is 0 Å². The van der Waals surface area contributed by atoms with Crippen molar-refractivity contribution in [1.29, 1.82) is 0 Å². The Morgan fingerprint density at radius 2 is 2.06 bits per heavy atom.